The van der Waals surface area contributed by atoms with Gasteiger partial charge in [-0.15, -0.1) is 11.8 Å². The predicted molar refractivity (Wildman–Crippen MR) is 130 cm³/mol. The lowest BCUT2D eigenvalue weighted by Crippen LogP contribution is -2.37. The molecule has 1 aromatic heterocycles. The lowest BCUT2D eigenvalue weighted by molar-refractivity contribution is 0.122. The van der Waals surface area contributed by atoms with Gasteiger partial charge in [0, 0.05) is 41.3 Å². The summed E-state index contributed by atoms with van der Waals surface area (Å²) in [6.45, 7) is 3.25. The molecule has 2 aliphatic carbocycles. The van der Waals surface area contributed by atoms with Gasteiger partial charge in [0.1, 0.15) is 5.82 Å². The summed E-state index contributed by atoms with van der Waals surface area (Å²) in [4.78, 5) is 13.8. The van der Waals surface area contributed by atoms with Crippen molar-refractivity contribution in [3.63, 3.8) is 0 Å². The fraction of sp³-hybridized carbons (Fsp3) is 0.385. The molecule has 5 nitrogen and oxygen atoms in total. The molecule has 0 atom stereocenters. The monoisotopic (exact) mass is 444 g/mol. The highest BCUT2D eigenvalue weighted by Gasteiger charge is 2.47. The van der Waals surface area contributed by atoms with E-state index in [-0.39, 0.29) is 4.75 Å². The zero-order valence-corrected chi connectivity index (χ0v) is 19.0. The number of benzene rings is 2. The van der Waals surface area contributed by atoms with Gasteiger partial charge in [-0.1, -0.05) is 18.2 Å². The van der Waals surface area contributed by atoms with Gasteiger partial charge in [-0.2, -0.15) is 0 Å². The number of hydrogen-bond acceptors (Lipinski definition) is 6. The van der Waals surface area contributed by atoms with Crippen LogP contribution in [-0.4, -0.2) is 42.3 Å². The van der Waals surface area contributed by atoms with Crippen molar-refractivity contribution in [2.45, 2.75) is 41.4 Å². The third-order valence-electron chi connectivity index (χ3n) is 6.37. The Bertz CT molecular complexity index is 1070. The average Bonchev–Trinajstić information content (AvgIpc) is 3.78. The number of ether oxygens (including phenoxy) is 1. The van der Waals surface area contributed by atoms with E-state index >= 15 is 0 Å². The molecule has 3 aromatic rings. The van der Waals surface area contributed by atoms with Crippen molar-refractivity contribution < 1.29 is 4.74 Å². The van der Waals surface area contributed by atoms with Gasteiger partial charge in [0.15, 0.2) is 5.82 Å². The summed E-state index contributed by atoms with van der Waals surface area (Å²) >= 11 is 1.94. The highest BCUT2D eigenvalue weighted by molar-refractivity contribution is 8.00. The Kier molecular flexibility index (Phi) is 5.27. The van der Waals surface area contributed by atoms with Gasteiger partial charge < -0.3 is 15.0 Å². The van der Waals surface area contributed by atoms with Crippen molar-refractivity contribution in [2.24, 2.45) is 0 Å². The molecule has 0 unspecified atom stereocenters. The molecule has 0 bridgehead atoms. The molecule has 0 radical (unpaired) electrons. The molecule has 164 valence electrons. The Hall–Kier alpha value is -2.57. The van der Waals surface area contributed by atoms with E-state index in [1.54, 1.807) is 0 Å². The number of thioether (sulfide) groups is 1. The van der Waals surface area contributed by atoms with E-state index in [2.05, 4.69) is 70.9 Å². The highest BCUT2D eigenvalue weighted by atomic mass is 32.2. The van der Waals surface area contributed by atoms with E-state index in [1.165, 1.54) is 23.4 Å². The van der Waals surface area contributed by atoms with Crippen molar-refractivity contribution >= 4 is 23.3 Å². The van der Waals surface area contributed by atoms with Gasteiger partial charge in [-0.05, 0) is 62.1 Å². The quantitative estimate of drug-likeness (QED) is 0.531. The molecule has 6 rings (SSSR count). The zero-order chi connectivity index (χ0) is 21.4. The second kappa shape index (κ2) is 8.41. The first-order chi connectivity index (χ1) is 15.8. The third-order valence-corrected chi connectivity index (χ3v) is 7.88. The Morgan fingerprint density at radius 1 is 0.938 bits per heavy atom. The predicted octanol–water partition coefficient (Wildman–Crippen LogP) is 5.34. The number of hydrogen-bond donors (Lipinski definition) is 1. The molecule has 2 saturated carbocycles. The summed E-state index contributed by atoms with van der Waals surface area (Å²) in [6.07, 6.45) is 4.85. The van der Waals surface area contributed by atoms with E-state index in [1.807, 2.05) is 11.8 Å². The van der Waals surface area contributed by atoms with Crippen molar-refractivity contribution in [1.29, 1.82) is 0 Å². The summed E-state index contributed by atoms with van der Waals surface area (Å²) in [5.74, 6) is 1.84. The standard InChI is InChI=1S/C26H28N4OS/c1-2-4-22(5-3-1)32-26(12-13-26)23-18-24(30-14-16-31-17-15-30)29-25(28-23)19-6-8-20(9-7-19)27-21-10-11-21/h1-9,18,21,27H,10-17H2. The summed E-state index contributed by atoms with van der Waals surface area (Å²) in [5.41, 5.74) is 3.40. The number of anilines is 2. The van der Waals surface area contributed by atoms with Crippen LogP contribution in [0.4, 0.5) is 11.5 Å². The maximum absolute atomic E-state index is 5.58. The Balaban J connectivity index is 1.35. The van der Waals surface area contributed by atoms with Crippen LogP contribution in [0.2, 0.25) is 0 Å². The van der Waals surface area contributed by atoms with Crippen LogP contribution >= 0.6 is 11.8 Å². The minimum Gasteiger partial charge on any atom is -0.382 e. The Morgan fingerprint density at radius 2 is 1.69 bits per heavy atom. The van der Waals surface area contributed by atoms with Crippen LogP contribution in [0.25, 0.3) is 11.4 Å². The fourth-order valence-corrected chi connectivity index (χ4v) is 5.43. The molecule has 2 heterocycles. The molecule has 3 fully saturated rings. The van der Waals surface area contributed by atoms with E-state index in [0.29, 0.717) is 6.04 Å². The summed E-state index contributed by atoms with van der Waals surface area (Å²) < 4.78 is 5.63. The van der Waals surface area contributed by atoms with Crippen LogP contribution in [0.15, 0.2) is 65.6 Å². The van der Waals surface area contributed by atoms with Gasteiger partial charge in [0.2, 0.25) is 0 Å². The van der Waals surface area contributed by atoms with E-state index in [4.69, 9.17) is 14.7 Å². The normalized spacial score (nSPS) is 19.6. The summed E-state index contributed by atoms with van der Waals surface area (Å²) in [6, 6.07) is 22.2. The summed E-state index contributed by atoms with van der Waals surface area (Å²) in [7, 11) is 0. The lowest BCUT2D eigenvalue weighted by Gasteiger charge is -2.29. The number of aromatic nitrogens is 2. The SMILES string of the molecule is c1ccc(SC2(c3cc(N4CCOCC4)nc(-c4ccc(NC5CC5)cc4)n3)CC2)cc1. The van der Waals surface area contributed by atoms with Crippen molar-refractivity contribution in [3.05, 3.63) is 66.4 Å². The molecule has 1 aliphatic heterocycles. The molecule has 1 N–H and O–H groups in total. The smallest absolute Gasteiger partial charge is 0.161 e. The first kappa shape index (κ1) is 20.1. The second-order valence-electron chi connectivity index (χ2n) is 8.94. The maximum Gasteiger partial charge on any atom is 0.161 e. The largest absolute Gasteiger partial charge is 0.382 e. The molecule has 32 heavy (non-hydrogen) atoms. The minimum atomic E-state index is 0.0492. The van der Waals surface area contributed by atoms with Crippen LogP contribution < -0.4 is 10.2 Å². The van der Waals surface area contributed by atoms with Gasteiger partial charge in [-0.3, -0.25) is 0 Å². The van der Waals surface area contributed by atoms with E-state index < -0.39 is 0 Å². The molecular weight excluding hydrogens is 416 g/mol. The van der Waals surface area contributed by atoms with Crippen LogP contribution in [0.1, 0.15) is 31.4 Å². The molecule has 0 spiro atoms. The summed E-state index contributed by atoms with van der Waals surface area (Å²) in [5, 5.41) is 3.56. The Morgan fingerprint density at radius 3 is 2.38 bits per heavy atom. The van der Waals surface area contributed by atoms with Gasteiger partial charge in [-0.25, -0.2) is 9.97 Å². The average molecular weight is 445 g/mol. The van der Waals surface area contributed by atoms with Gasteiger partial charge in [0.25, 0.3) is 0 Å². The molecular formula is C26H28N4OS. The molecule has 1 saturated heterocycles. The highest BCUT2D eigenvalue weighted by Crippen LogP contribution is 2.59. The van der Waals surface area contributed by atoms with Crippen LogP contribution in [0.5, 0.6) is 0 Å². The molecule has 2 aromatic carbocycles. The van der Waals surface area contributed by atoms with E-state index in [0.717, 1.165) is 62.0 Å². The topological polar surface area (TPSA) is 50.3 Å². The Labute approximate surface area is 193 Å². The maximum atomic E-state index is 5.58. The molecule has 0 amide bonds. The molecule has 3 aliphatic rings. The number of nitrogens with one attached hydrogen (secondary N) is 1. The van der Waals surface area contributed by atoms with Crippen molar-refractivity contribution in [2.75, 3.05) is 36.5 Å². The van der Waals surface area contributed by atoms with Crippen molar-refractivity contribution in [3.8, 4) is 11.4 Å². The third kappa shape index (κ3) is 4.34. The number of nitrogens with zero attached hydrogens (tertiary/aromatic N) is 3. The first-order valence-corrected chi connectivity index (χ1v) is 12.4. The second-order valence-corrected chi connectivity index (χ2v) is 10.4. The van der Waals surface area contributed by atoms with Crippen LogP contribution in [0.3, 0.4) is 0 Å². The van der Waals surface area contributed by atoms with Crippen LogP contribution in [-0.2, 0) is 9.48 Å². The fourth-order valence-electron chi connectivity index (χ4n) is 4.17. The van der Waals surface area contributed by atoms with Crippen LogP contribution in [0, 0.1) is 0 Å². The zero-order valence-electron chi connectivity index (χ0n) is 18.2. The minimum absolute atomic E-state index is 0.0492. The number of rotatable bonds is 7. The number of morpholine rings is 1. The molecule has 6 heteroatoms. The van der Waals surface area contributed by atoms with Gasteiger partial charge >= 0.3 is 0 Å². The van der Waals surface area contributed by atoms with E-state index in [9.17, 15) is 0 Å². The first-order valence-electron chi connectivity index (χ1n) is 11.6. The van der Waals surface area contributed by atoms with Crippen molar-refractivity contribution in [1.82, 2.24) is 9.97 Å². The van der Waals surface area contributed by atoms with Gasteiger partial charge in [0.05, 0.1) is 23.7 Å². The lowest BCUT2D eigenvalue weighted by atomic mass is 10.1.